The molecular formula is C20H22ClNO3S2. The second-order valence-electron chi connectivity index (χ2n) is 7.71. The van der Waals surface area contributed by atoms with Gasteiger partial charge in [-0.25, -0.2) is 8.42 Å². The molecule has 1 aromatic carbocycles. The molecule has 2 aromatic rings. The minimum atomic E-state index is -3.44. The fraction of sp³-hybridized carbons (Fsp3) is 0.450. The molecule has 3 atom stereocenters. The van der Waals surface area contributed by atoms with Crippen LogP contribution in [0, 0.1) is 11.8 Å². The number of benzene rings is 1. The molecule has 1 N–H and O–H groups in total. The molecule has 1 saturated carbocycles. The number of fused-ring (bicyclic) bond motifs is 3. The summed E-state index contributed by atoms with van der Waals surface area (Å²) in [7, 11) is -3.44. The Labute approximate surface area is 168 Å². The first-order valence-electron chi connectivity index (χ1n) is 9.22. The Morgan fingerprint density at radius 1 is 1.22 bits per heavy atom. The smallest absolute Gasteiger partial charge is 0.261 e. The van der Waals surface area contributed by atoms with Crippen molar-refractivity contribution in [3.63, 3.8) is 0 Å². The lowest BCUT2D eigenvalue weighted by atomic mass is 9.78. The van der Waals surface area contributed by atoms with Crippen LogP contribution in [0.15, 0.2) is 29.2 Å². The van der Waals surface area contributed by atoms with Gasteiger partial charge in [0, 0.05) is 21.5 Å². The summed E-state index contributed by atoms with van der Waals surface area (Å²) in [6, 6.07) is 6.84. The van der Waals surface area contributed by atoms with Crippen LogP contribution in [0.5, 0.6) is 0 Å². The Morgan fingerprint density at radius 3 is 2.78 bits per heavy atom. The highest BCUT2D eigenvalue weighted by molar-refractivity contribution is 7.91. The van der Waals surface area contributed by atoms with Crippen LogP contribution in [0.4, 0.5) is 0 Å². The quantitative estimate of drug-likeness (QED) is 0.746. The van der Waals surface area contributed by atoms with Gasteiger partial charge in [0.2, 0.25) is 0 Å². The van der Waals surface area contributed by atoms with Crippen LogP contribution in [0.2, 0.25) is 5.02 Å². The topological polar surface area (TPSA) is 63.2 Å². The van der Waals surface area contributed by atoms with Crippen molar-refractivity contribution < 1.29 is 13.2 Å². The first-order valence-corrected chi connectivity index (χ1v) is 12.1. The minimum absolute atomic E-state index is 0.0870. The van der Waals surface area contributed by atoms with E-state index in [4.69, 9.17) is 11.6 Å². The molecule has 7 heteroatoms. The van der Waals surface area contributed by atoms with Crippen molar-refractivity contribution in [1.29, 1.82) is 0 Å². The summed E-state index contributed by atoms with van der Waals surface area (Å²) in [6.45, 7) is 4.43. The van der Waals surface area contributed by atoms with Gasteiger partial charge < -0.3 is 5.32 Å². The number of amides is 1. The summed E-state index contributed by atoms with van der Waals surface area (Å²) in [5, 5.41) is 3.58. The molecule has 2 heterocycles. The molecular weight excluding hydrogens is 402 g/mol. The van der Waals surface area contributed by atoms with Gasteiger partial charge in [0.1, 0.15) is 0 Å². The monoisotopic (exact) mass is 423 g/mol. The SMILES string of the molecule is C[C@H]1[C@H](C)CCC[C@@H]1NC(=O)c1cc2c(s1)-c1ccc(Cl)cc1S(=O)(=O)C2. The fourth-order valence-corrected chi connectivity index (χ4v) is 7.24. The molecule has 1 aliphatic carbocycles. The summed E-state index contributed by atoms with van der Waals surface area (Å²) in [6.07, 6.45) is 3.33. The first kappa shape index (κ1) is 19.0. The third-order valence-electron chi connectivity index (χ3n) is 5.92. The molecule has 2 aliphatic rings. The van der Waals surface area contributed by atoms with Crippen molar-refractivity contribution in [2.75, 3.05) is 0 Å². The normalized spacial score (nSPS) is 26.1. The van der Waals surface area contributed by atoms with E-state index in [9.17, 15) is 13.2 Å². The minimum Gasteiger partial charge on any atom is -0.348 e. The number of rotatable bonds is 2. The van der Waals surface area contributed by atoms with Gasteiger partial charge in [0.15, 0.2) is 9.84 Å². The number of halogens is 1. The molecule has 1 amide bonds. The number of nitrogens with one attached hydrogen (secondary N) is 1. The van der Waals surface area contributed by atoms with E-state index < -0.39 is 9.84 Å². The van der Waals surface area contributed by atoms with Crippen molar-refractivity contribution in [2.24, 2.45) is 11.8 Å². The lowest BCUT2D eigenvalue weighted by Gasteiger charge is -2.34. The Kier molecular flexibility index (Phi) is 4.85. The van der Waals surface area contributed by atoms with E-state index in [0.29, 0.717) is 32.9 Å². The average molecular weight is 424 g/mol. The predicted molar refractivity (Wildman–Crippen MR) is 109 cm³/mol. The zero-order chi connectivity index (χ0) is 19.3. The molecule has 0 saturated heterocycles. The Hall–Kier alpha value is -1.37. The molecule has 144 valence electrons. The van der Waals surface area contributed by atoms with Gasteiger partial charge in [-0.2, -0.15) is 0 Å². The number of hydrogen-bond donors (Lipinski definition) is 1. The Bertz CT molecular complexity index is 1010. The third-order valence-corrected chi connectivity index (χ3v) is 9.07. The zero-order valence-corrected chi connectivity index (χ0v) is 17.7. The highest BCUT2D eigenvalue weighted by Crippen LogP contribution is 2.43. The molecule has 0 bridgehead atoms. The molecule has 1 aromatic heterocycles. The van der Waals surface area contributed by atoms with Crippen molar-refractivity contribution in [2.45, 2.75) is 49.8 Å². The molecule has 0 unspecified atom stereocenters. The average Bonchev–Trinajstić information content (AvgIpc) is 3.02. The van der Waals surface area contributed by atoms with Crippen LogP contribution >= 0.6 is 22.9 Å². The van der Waals surface area contributed by atoms with E-state index >= 15 is 0 Å². The summed E-state index contributed by atoms with van der Waals surface area (Å²) in [4.78, 5) is 14.5. The molecule has 27 heavy (non-hydrogen) atoms. The van der Waals surface area contributed by atoms with Crippen LogP contribution < -0.4 is 5.32 Å². The molecule has 0 spiro atoms. The maximum Gasteiger partial charge on any atom is 0.261 e. The first-order chi connectivity index (χ1) is 12.8. The van der Waals surface area contributed by atoms with E-state index in [1.54, 1.807) is 18.2 Å². The van der Waals surface area contributed by atoms with Gasteiger partial charge in [0.25, 0.3) is 5.91 Å². The van der Waals surface area contributed by atoms with E-state index in [2.05, 4.69) is 19.2 Å². The highest BCUT2D eigenvalue weighted by Gasteiger charge is 2.32. The summed E-state index contributed by atoms with van der Waals surface area (Å²) >= 11 is 7.36. The molecule has 0 radical (unpaired) electrons. The van der Waals surface area contributed by atoms with Crippen LogP contribution in [-0.2, 0) is 15.6 Å². The van der Waals surface area contributed by atoms with E-state index in [-0.39, 0.29) is 22.6 Å². The number of sulfone groups is 1. The van der Waals surface area contributed by atoms with E-state index in [1.807, 2.05) is 0 Å². The van der Waals surface area contributed by atoms with Gasteiger partial charge in [-0.1, -0.05) is 44.4 Å². The predicted octanol–water partition coefficient (Wildman–Crippen LogP) is 4.91. The van der Waals surface area contributed by atoms with Gasteiger partial charge >= 0.3 is 0 Å². The summed E-state index contributed by atoms with van der Waals surface area (Å²) in [5.41, 5.74) is 1.34. The van der Waals surface area contributed by atoms with Crippen molar-refractivity contribution in [1.82, 2.24) is 5.32 Å². The number of hydrogen-bond acceptors (Lipinski definition) is 4. The maximum absolute atomic E-state index is 12.8. The summed E-state index contributed by atoms with van der Waals surface area (Å²) < 4.78 is 25.2. The Balaban J connectivity index is 1.65. The number of carbonyl (C=O) groups is 1. The van der Waals surface area contributed by atoms with Crippen molar-refractivity contribution in [3.8, 4) is 10.4 Å². The van der Waals surface area contributed by atoms with E-state index in [0.717, 1.165) is 17.7 Å². The van der Waals surface area contributed by atoms with Gasteiger partial charge in [-0.3, -0.25) is 4.79 Å². The fourth-order valence-electron chi connectivity index (χ4n) is 4.12. The van der Waals surface area contributed by atoms with Crippen LogP contribution in [-0.4, -0.2) is 20.4 Å². The largest absolute Gasteiger partial charge is 0.348 e. The van der Waals surface area contributed by atoms with Gasteiger partial charge in [-0.15, -0.1) is 11.3 Å². The molecule has 1 aliphatic heterocycles. The standard InChI is InChI=1S/C20H22ClNO3S2/c1-11-4-3-5-16(12(11)2)22-20(23)17-8-13-10-27(24,25)18-9-14(21)6-7-15(18)19(13)26-17/h6-9,11-12,16H,3-5,10H2,1-2H3,(H,22,23)/t11-,12+,16+/m1/s1. The van der Waals surface area contributed by atoms with Gasteiger partial charge in [0.05, 0.1) is 15.5 Å². The van der Waals surface area contributed by atoms with Crippen LogP contribution in [0.3, 0.4) is 0 Å². The number of thiophene rings is 1. The van der Waals surface area contributed by atoms with Gasteiger partial charge in [-0.05, 0) is 42.0 Å². The van der Waals surface area contributed by atoms with Crippen molar-refractivity contribution >= 4 is 38.7 Å². The van der Waals surface area contributed by atoms with Crippen molar-refractivity contribution in [3.05, 3.63) is 39.7 Å². The zero-order valence-electron chi connectivity index (χ0n) is 15.3. The lowest BCUT2D eigenvalue weighted by molar-refractivity contribution is 0.0895. The second-order valence-corrected chi connectivity index (χ2v) is 11.2. The number of carbonyl (C=O) groups excluding carboxylic acids is 1. The van der Waals surface area contributed by atoms with E-state index in [1.165, 1.54) is 23.8 Å². The maximum atomic E-state index is 12.8. The summed E-state index contributed by atoms with van der Waals surface area (Å²) in [5.74, 6) is 0.854. The van der Waals surface area contributed by atoms with Crippen LogP contribution in [0.1, 0.15) is 48.3 Å². The van der Waals surface area contributed by atoms with Crippen LogP contribution in [0.25, 0.3) is 10.4 Å². The Morgan fingerprint density at radius 2 is 2.00 bits per heavy atom. The second kappa shape index (κ2) is 6.90. The highest BCUT2D eigenvalue weighted by atomic mass is 35.5. The molecule has 1 fully saturated rings. The lowest BCUT2D eigenvalue weighted by Crippen LogP contribution is -2.43. The third kappa shape index (κ3) is 3.43. The molecule has 4 rings (SSSR count). The molecule has 4 nitrogen and oxygen atoms in total.